The summed E-state index contributed by atoms with van der Waals surface area (Å²) in [6.07, 6.45) is 1.00. The summed E-state index contributed by atoms with van der Waals surface area (Å²) in [5, 5.41) is 10.4. The maximum atomic E-state index is 12.4. The van der Waals surface area contributed by atoms with E-state index in [1.165, 1.54) is 0 Å². The first-order valence-corrected chi connectivity index (χ1v) is 8.55. The van der Waals surface area contributed by atoms with Crippen molar-refractivity contribution in [1.82, 2.24) is 9.47 Å². The Morgan fingerprint density at radius 3 is 2.52 bits per heavy atom. The average molecular weight is 344 g/mol. The van der Waals surface area contributed by atoms with E-state index in [1.54, 1.807) is 4.90 Å². The Hall–Kier alpha value is -2.50. The molecule has 0 unspecified atom stereocenters. The van der Waals surface area contributed by atoms with Crippen LogP contribution in [0.25, 0.3) is 10.9 Å². The number of hydrogen-bond donors (Lipinski definition) is 1. The molecule has 1 aromatic heterocycles. The van der Waals surface area contributed by atoms with Crippen LogP contribution in [0.1, 0.15) is 32.0 Å². The van der Waals surface area contributed by atoms with Gasteiger partial charge in [0.1, 0.15) is 12.1 Å². The van der Waals surface area contributed by atoms with Crippen LogP contribution in [0, 0.1) is 0 Å². The zero-order chi connectivity index (χ0) is 18.2. The standard InChI is InChI=1S/C19H24N2O4/c1-19(2,3)25-18(24)20-10-8-14-13-6-4-5-7-15(13)21(12-17(22)23)16(14)9-11-20/h4-7H,8-12H2,1-3H3,(H,22,23). The van der Waals surface area contributed by atoms with Crippen LogP contribution in [-0.4, -0.2) is 45.3 Å². The summed E-state index contributed by atoms with van der Waals surface area (Å²) in [4.78, 5) is 25.4. The largest absolute Gasteiger partial charge is 0.480 e. The third kappa shape index (κ3) is 3.62. The first-order valence-electron chi connectivity index (χ1n) is 8.55. The van der Waals surface area contributed by atoms with Crippen LogP contribution >= 0.6 is 0 Å². The minimum absolute atomic E-state index is 0.0672. The van der Waals surface area contributed by atoms with E-state index in [0.29, 0.717) is 25.9 Å². The lowest BCUT2D eigenvalue weighted by atomic mass is 10.1. The number of hydrogen-bond acceptors (Lipinski definition) is 3. The number of aliphatic carboxylic acids is 1. The molecule has 6 heteroatoms. The van der Waals surface area contributed by atoms with Gasteiger partial charge in [0.2, 0.25) is 0 Å². The smallest absolute Gasteiger partial charge is 0.410 e. The van der Waals surface area contributed by atoms with E-state index in [1.807, 2.05) is 49.6 Å². The number of ether oxygens (including phenoxy) is 1. The molecule has 2 heterocycles. The molecular formula is C19H24N2O4. The molecule has 0 saturated carbocycles. The number of amides is 1. The van der Waals surface area contributed by atoms with Gasteiger partial charge in [-0.15, -0.1) is 0 Å². The quantitative estimate of drug-likeness (QED) is 0.909. The first kappa shape index (κ1) is 17.3. The number of rotatable bonds is 2. The molecule has 0 fully saturated rings. The highest BCUT2D eigenvalue weighted by molar-refractivity contribution is 5.87. The van der Waals surface area contributed by atoms with E-state index < -0.39 is 11.6 Å². The maximum Gasteiger partial charge on any atom is 0.410 e. The van der Waals surface area contributed by atoms with Crippen molar-refractivity contribution in [1.29, 1.82) is 0 Å². The summed E-state index contributed by atoms with van der Waals surface area (Å²) >= 11 is 0. The van der Waals surface area contributed by atoms with Gasteiger partial charge >= 0.3 is 12.1 Å². The Balaban J connectivity index is 1.92. The summed E-state index contributed by atoms with van der Waals surface area (Å²) in [5.74, 6) is -0.864. The second-order valence-corrected chi connectivity index (χ2v) is 7.39. The van der Waals surface area contributed by atoms with Crippen LogP contribution in [0.2, 0.25) is 0 Å². The van der Waals surface area contributed by atoms with Gasteiger partial charge in [-0.05, 0) is 38.8 Å². The monoisotopic (exact) mass is 344 g/mol. The topological polar surface area (TPSA) is 71.8 Å². The van der Waals surface area contributed by atoms with Crippen LogP contribution in [0.4, 0.5) is 4.79 Å². The predicted octanol–water partition coefficient (Wildman–Crippen LogP) is 3.06. The lowest BCUT2D eigenvalue weighted by Crippen LogP contribution is -2.38. The van der Waals surface area contributed by atoms with Gasteiger partial charge in [0.25, 0.3) is 0 Å². The molecular weight excluding hydrogens is 320 g/mol. The Labute approximate surface area is 147 Å². The summed E-state index contributed by atoms with van der Waals surface area (Å²) in [5.41, 5.74) is 2.57. The fourth-order valence-corrected chi connectivity index (χ4v) is 3.42. The van der Waals surface area contributed by atoms with Crippen molar-refractivity contribution in [3.63, 3.8) is 0 Å². The summed E-state index contributed by atoms with van der Waals surface area (Å²) < 4.78 is 7.34. The zero-order valence-electron chi connectivity index (χ0n) is 14.9. The van der Waals surface area contributed by atoms with Crippen molar-refractivity contribution in [2.24, 2.45) is 0 Å². The fourth-order valence-electron chi connectivity index (χ4n) is 3.42. The van der Waals surface area contributed by atoms with E-state index in [9.17, 15) is 14.7 Å². The van der Waals surface area contributed by atoms with Gasteiger partial charge in [-0.1, -0.05) is 18.2 Å². The zero-order valence-corrected chi connectivity index (χ0v) is 14.9. The van der Waals surface area contributed by atoms with Crippen molar-refractivity contribution in [3.8, 4) is 0 Å². The molecule has 0 bridgehead atoms. The number of fused-ring (bicyclic) bond motifs is 3. The molecule has 1 amide bonds. The normalized spacial score (nSPS) is 14.9. The molecule has 0 atom stereocenters. The molecule has 134 valence electrons. The van der Waals surface area contributed by atoms with E-state index >= 15 is 0 Å². The minimum Gasteiger partial charge on any atom is -0.480 e. The number of carbonyl (C=O) groups excluding carboxylic acids is 1. The van der Waals surface area contributed by atoms with Gasteiger partial charge in [-0.2, -0.15) is 0 Å². The third-order valence-electron chi connectivity index (χ3n) is 4.39. The van der Waals surface area contributed by atoms with Gasteiger partial charge < -0.3 is 19.3 Å². The molecule has 1 N–H and O–H groups in total. The van der Waals surface area contributed by atoms with Crippen molar-refractivity contribution in [2.45, 2.75) is 45.8 Å². The van der Waals surface area contributed by atoms with Gasteiger partial charge in [0, 0.05) is 36.1 Å². The number of nitrogens with zero attached hydrogens (tertiary/aromatic N) is 2. The second-order valence-electron chi connectivity index (χ2n) is 7.39. The Morgan fingerprint density at radius 1 is 1.16 bits per heavy atom. The molecule has 0 radical (unpaired) electrons. The Morgan fingerprint density at radius 2 is 1.84 bits per heavy atom. The van der Waals surface area contributed by atoms with Crippen molar-refractivity contribution < 1.29 is 19.4 Å². The van der Waals surface area contributed by atoms with E-state index in [4.69, 9.17) is 4.74 Å². The summed E-state index contributed by atoms with van der Waals surface area (Å²) in [7, 11) is 0. The van der Waals surface area contributed by atoms with Crippen LogP contribution in [0.3, 0.4) is 0 Å². The van der Waals surface area contributed by atoms with Crippen molar-refractivity contribution in [3.05, 3.63) is 35.5 Å². The van der Waals surface area contributed by atoms with E-state index in [2.05, 4.69) is 0 Å². The molecule has 3 rings (SSSR count). The number of para-hydroxylation sites is 1. The van der Waals surface area contributed by atoms with E-state index in [-0.39, 0.29) is 12.6 Å². The second kappa shape index (κ2) is 6.43. The number of aromatic nitrogens is 1. The minimum atomic E-state index is -0.864. The highest BCUT2D eigenvalue weighted by atomic mass is 16.6. The molecule has 1 aliphatic rings. The molecule has 1 aromatic carbocycles. The SMILES string of the molecule is CC(C)(C)OC(=O)N1CCc2c(n(CC(=O)O)c3ccccc23)CC1. The number of carboxylic acid groups (broad SMARTS) is 1. The molecule has 6 nitrogen and oxygen atoms in total. The summed E-state index contributed by atoms with van der Waals surface area (Å²) in [6.45, 7) is 6.59. The van der Waals surface area contributed by atoms with Gasteiger partial charge in [-0.25, -0.2) is 4.79 Å². The molecule has 0 saturated heterocycles. The predicted molar refractivity (Wildman–Crippen MR) is 94.8 cm³/mol. The van der Waals surface area contributed by atoms with E-state index in [0.717, 1.165) is 22.2 Å². The van der Waals surface area contributed by atoms with Crippen LogP contribution < -0.4 is 0 Å². The molecule has 0 aliphatic carbocycles. The third-order valence-corrected chi connectivity index (χ3v) is 4.39. The molecule has 2 aromatic rings. The Kier molecular flexibility index (Phi) is 4.45. The van der Waals surface area contributed by atoms with Gasteiger partial charge in [0.05, 0.1) is 0 Å². The van der Waals surface area contributed by atoms with Gasteiger partial charge in [-0.3, -0.25) is 4.79 Å². The average Bonchev–Trinajstić information content (AvgIpc) is 2.68. The highest BCUT2D eigenvalue weighted by Crippen LogP contribution is 2.29. The van der Waals surface area contributed by atoms with Gasteiger partial charge in [0.15, 0.2) is 0 Å². The lowest BCUT2D eigenvalue weighted by Gasteiger charge is -2.26. The van der Waals surface area contributed by atoms with Crippen LogP contribution in [0.5, 0.6) is 0 Å². The number of benzene rings is 1. The maximum absolute atomic E-state index is 12.4. The highest BCUT2D eigenvalue weighted by Gasteiger charge is 2.27. The fraction of sp³-hybridized carbons (Fsp3) is 0.474. The lowest BCUT2D eigenvalue weighted by molar-refractivity contribution is -0.137. The molecule has 25 heavy (non-hydrogen) atoms. The number of carboxylic acids is 1. The summed E-state index contributed by atoms with van der Waals surface area (Å²) in [6, 6.07) is 7.87. The van der Waals surface area contributed by atoms with Crippen LogP contribution in [-0.2, 0) is 28.9 Å². The number of carbonyl (C=O) groups is 2. The molecule has 0 spiro atoms. The van der Waals surface area contributed by atoms with Crippen molar-refractivity contribution in [2.75, 3.05) is 13.1 Å². The Bertz CT molecular complexity index is 817. The van der Waals surface area contributed by atoms with Crippen molar-refractivity contribution >= 4 is 23.0 Å². The van der Waals surface area contributed by atoms with Crippen LogP contribution in [0.15, 0.2) is 24.3 Å². The molecule has 1 aliphatic heterocycles. The first-order chi connectivity index (χ1) is 11.8.